The third-order valence-electron chi connectivity index (χ3n) is 6.43. The number of aliphatic hydroxyl groups is 1. The zero-order valence-electron chi connectivity index (χ0n) is 14.8. The number of piperidine rings is 1. The molecule has 3 aliphatic rings. The van der Waals surface area contributed by atoms with Gasteiger partial charge in [0, 0.05) is 13.0 Å². The van der Waals surface area contributed by atoms with Gasteiger partial charge in [0.05, 0.1) is 17.8 Å². The van der Waals surface area contributed by atoms with Crippen molar-refractivity contribution in [1.29, 1.82) is 0 Å². The van der Waals surface area contributed by atoms with Crippen molar-refractivity contribution in [2.75, 3.05) is 32.0 Å². The van der Waals surface area contributed by atoms with E-state index in [0.29, 0.717) is 19.4 Å². The molecule has 6 nitrogen and oxygen atoms in total. The van der Waals surface area contributed by atoms with Gasteiger partial charge in [0.25, 0.3) is 10.1 Å². The molecule has 2 N–H and O–H groups in total. The molecule has 2 aliphatic carbocycles. The summed E-state index contributed by atoms with van der Waals surface area (Å²) in [4.78, 5) is 14.2. The lowest BCUT2D eigenvalue weighted by Crippen LogP contribution is -2.42. The molecule has 0 radical (unpaired) electrons. The average molecular weight is 362 g/mol. The van der Waals surface area contributed by atoms with Crippen LogP contribution in [0.1, 0.15) is 52.4 Å². The third-order valence-corrected chi connectivity index (χ3v) is 7.29. The van der Waals surface area contributed by atoms with Crippen LogP contribution in [0.3, 0.4) is 0 Å². The molecule has 1 heterocycles. The van der Waals surface area contributed by atoms with Gasteiger partial charge in [-0.3, -0.25) is 9.35 Å². The van der Waals surface area contributed by atoms with Gasteiger partial charge in [-0.2, -0.15) is 8.42 Å². The fourth-order valence-corrected chi connectivity index (χ4v) is 6.04. The number of hydrogen-bond acceptors (Lipinski definition) is 5. The number of Topliss-reactive ketones (excluding diaryl/α,β-unsaturated/α-hetero) is 1. The maximum Gasteiger partial charge on any atom is 0.265 e. The van der Waals surface area contributed by atoms with E-state index < -0.39 is 21.3 Å². The molecule has 0 aromatic rings. The van der Waals surface area contributed by atoms with E-state index in [1.807, 2.05) is 13.8 Å². The SMILES string of the molecule is CC1(C)C2CCC1(CS(=O)(=O)O)C(=O)C2.OCCN1CCCCC1. The van der Waals surface area contributed by atoms with Gasteiger partial charge in [-0.15, -0.1) is 0 Å². The number of ketones is 1. The van der Waals surface area contributed by atoms with Gasteiger partial charge >= 0.3 is 0 Å². The summed E-state index contributed by atoms with van der Waals surface area (Å²) in [6.07, 6.45) is 5.99. The monoisotopic (exact) mass is 361 g/mol. The lowest BCUT2D eigenvalue weighted by atomic mass is 9.70. The van der Waals surface area contributed by atoms with E-state index in [-0.39, 0.29) is 17.1 Å². The van der Waals surface area contributed by atoms with Gasteiger partial charge in [-0.1, -0.05) is 20.3 Å². The van der Waals surface area contributed by atoms with Crippen molar-refractivity contribution in [2.24, 2.45) is 16.7 Å². The van der Waals surface area contributed by atoms with Crippen LogP contribution in [0, 0.1) is 16.7 Å². The van der Waals surface area contributed by atoms with Crippen LogP contribution in [0.15, 0.2) is 0 Å². The fraction of sp³-hybridized carbons (Fsp3) is 0.941. The predicted molar refractivity (Wildman–Crippen MR) is 92.4 cm³/mol. The Hall–Kier alpha value is -0.500. The molecule has 0 aromatic heterocycles. The van der Waals surface area contributed by atoms with Crippen molar-refractivity contribution in [3.8, 4) is 0 Å². The molecule has 2 unspecified atom stereocenters. The Kier molecular flexibility index (Phi) is 6.11. The Labute approximate surface area is 145 Å². The van der Waals surface area contributed by atoms with Crippen LogP contribution in [0.5, 0.6) is 0 Å². The van der Waals surface area contributed by atoms with Gasteiger partial charge < -0.3 is 10.0 Å². The van der Waals surface area contributed by atoms with Gasteiger partial charge in [-0.05, 0) is 50.1 Å². The number of nitrogens with zero attached hydrogens (tertiary/aromatic N) is 1. The Morgan fingerprint density at radius 3 is 2.25 bits per heavy atom. The Morgan fingerprint density at radius 1 is 1.21 bits per heavy atom. The first-order chi connectivity index (χ1) is 11.1. The van der Waals surface area contributed by atoms with E-state index in [1.54, 1.807) is 0 Å². The van der Waals surface area contributed by atoms with Crippen molar-refractivity contribution in [3.63, 3.8) is 0 Å². The molecule has 3 rings (SSSR count). The molecule has 3 fully saturated rings. The molecular weight excluding hydrogens is 330 g/mol. The number of carbonyl (C=O) groups excluding carboxylic acids is 1. The lowest BCUT2D eigenvalue weighted by Gasteiger charge is -2.35. The van der Waals surface area contributed by atoms with Gasteiger partial charge in [-0.25, -0.2) is 0 Å². The molecule has 2 bridgehead atoms. The minimum atomic E-state index is -4.08. The van der Waals surface area contributed by atoms with Crippen LogP contribution < -0.4 is 0 Å². The predicted octanol–water partition coefficient (Wildman–Crippen LogP) is 1.73. The molecule has 1 saturated heterocycles. The fourth-order valence-electron chi connectivity index (χ4n) is 4.74. The number of carbonyl (C=O) groups is 1. The second-order valence-electron chi connectivity index (χ2n) is 8.02. The molecule has 2 atom stereocenters. The number of rotatable bonds is 4. The normalized spacial score (nSPS) is 32.5. The van der Waals surface area contributed by atoms with E-state index in [1.165, 1.54) is 32.4 Å². The molecule has 1 aliphatic heterocycles. The van der Waals surface area contributed by atoms with E-state index in [9.17, 15) is 13.2 Å². The summed E-state index contributed by atoms with van der Waals surface area (Å²) < 4.78 is 31.0. The molecular formula is C17H31NO5S. The van der Waals surface area contributed by atoms with Gasteiger partial charge in [0.15, 0.2) is 0 Å². The van der Waals surface area contributed by atoms with E-state index in [2.05, 4.69) is 4.90 Å². The van der Waals surface area contributed by atoms with Crippen molar-refractivity contribution >= 4 is 15.9 Å². The minimum absolute atomic E-state index is 0.0152. The average Bonchev–Trinajstić information content (AvgIpc) is 2.82. The number of likely N-dealkylation sites (tertiary alicyclic amines) is 1. The first-order valence-electron chi connectivity index (χ1n) is 8.94. The Bertz CT molecular complexity index is 551. The van der Waals surface area contributed by atoms with E-state index in [4.69, 9.17) is 9.66 Å². The van der Waals surface area contributed by atoms with Crippen LogP contribution in [0.4, 0.5) is 0 Å². The summed E-state index contributed by atoms with van der Waals surface area (Å²) in [5, 5.41) is 8.58. The number of hydrogen-bond donors (Lipinski definition) is 2. The molecule has 0 aromatic carbocycles. The molecule has 0 amide bonds. The highest BCUT2D eigenvalue weighted by Gasteiger charge is 2.65. The molecule has 7 heteroatoms. The summed E-state index contributed by atoms with van der Waals surface area (Å²) in [6, 6.07) is 0. The smallest absolute Gasteiger partial charge is 0.265 e. The zero-order chi connectivity index (χ0) is 18.0. The quantitative estimate of drug-likeness (QED) is 0.741. The molecule has 2 saturated carbocycles. The molecule has 24 heavy (non-hydrogen) atoms. The van der Waals surface area contributed by atoms with Crippen LogP contribution >= 0.6 is 0 Å². The standard InChI is InChI=1S/C10H16O4S.C7H15NO/c1-9(2)7-3-4-10(9,8(11)5-7)6-15(12,13)14;9-7-6-8-4-2-1-3-5-8/h7H,3-6H2,1-2H3,(H,12,13,14);9H,1-7H2. The second-order valence-corrected chi connectivity index (χ2v) is 9.47. The van der Waals surface area contributed by atoms with Crippen molar-refractivity contribution in [2.45, 2.75) is 52.4 Å². The Balaban J connectivity index is 0.000000198. The first-order valence-corrected chi connectivity index (χ1v) is 10.5. The largest absolute Gasteiger partial charge is 0.395 e. The molecule has 140 valence electrons. The van der Waals surface area contributed by atoms with Gasteiger partial charge in [0.2, 0.25) is 0 Å². The summed E-state index contributed by atoms with van der Waals surface area (Å²) in [5.74, 6) is -0.101. The summed E-state index contributed by atoms with van der Waals surface area (Å²) in [5.41, 5.74) is -1.12. The van der Waals surface area contributed by atoms with Crippen LogP contribution in [-0.2, 0) is 14.9 Å². The highest BCUT2D eigenvalue weighted by atomic mass is 32.2. The summed E-state index contributed by atoms with van der Waals surface area (Å²) >= 11 is 0. The highest BCUT2D eigenvalue weighted by Crippen LogP contribution is 2.64. The van der Waals surface area contributed by atoms with Crippen LogP contribution in [-0.4, -0.2) is 60.8 Å². The maximum absolute atomic E-state index is 11.9. The molecule has 0 spiro atoms. The van der Waals surface area contributed by atoms with Crippen LogP contribution in [0.25, 0.3) is 0 Å². The topological polar surface area (TPSA) is 94.9 Å². The number of fused-ring (bicyclic) bond motifs is 2. The zero-order valence-corrected chi connectivity index (χ0v) is 15.6. The van der Waals surface area contributed by atoms with Crippen molar-refractivity contribution in [3.05, 3.63) is 0 Å². The van der Waals surface area contributed by atoms with Crippen molar-refractivity contribution in [1.82, 2.24) is 4.90 Å². The van der Waals surface area contributed by atoms with E-state index in [0.717, 1.165) is 13.0 Å². The summed E-state index contributed by atoms with van der Waals surface area (Å²) in [7, 11) is -4.08. The highest BCUT2D eigenvalue weighted by molar-refractivity contribution is 7.85. The maximum atomic E-state index is 11.9. The van der Waals surface area contributed by atoms with Gasteiger partial charge in [0.1, 0.15) is 5.78 Å². The lowest BCUT2D eigenvalue weighted by molar-refractivity contribution is -0.128. The van der Waals surface area contributed by atoms with Crippen LogP contribution in [0.2, 0.25) is 0 Å². The number of β-amino-alcohol motifs (C(OH)–C–C–N with tert-alkyl or cyclic N) is 1. The Morgan fingerprint density at radius 2 is 1.83 bits per heavy atom. The summed E-state index contributed by atoms with van der Waals surface area (Å²) in [6.45, 7) is 7.47. The third kappa shape index (κ3) is 4.00. The van der Waals surface area contributed by atoms with E-state index >= 15 is 0 Å². The first kappa shape index (κ1) is 19.8. The second kappa shape index (κ2) is 7.40. The minimum Gasteiger partial charge on any atom is -0.395 e. The van der Waals surface area contributed by atoms with Crippen molar-refractivity contribution < 1.29 is 22.9 Å². The number of aliphatic hydroxyl groups excluding tert-OH is 1.